The van der Waals surface area contributed by atoms with Crippen LogP contribution in [0.4, 0.5) is 23.8 Å². The van der Waals surface area contributed by atoms with Crippen molar-refractivity contribution in [1.29, 1.82) is 0 Å². The van der Waals surface area contributed by atoms with E-state index in [9.17, 15) is 22.8 Å². The number of aromatic carboxylic acids is 1. The van der Waals surface area contributed by atoms with E-state index in [4.69, 9.17) is 5.11 Å². The molecule has 7 nitrogen and oxygen atoms in total. The minimum absolute atomic E-state index is 0.0638. The van der Waals surface area contributed by atoms with Crippen molar-refractivity contribution in [3.8, 4) is 0 Å². The number of nitrogens with zero attached hydrogens (tertiary/aromatic N) is 2. The molecule has 0 bridgehead atoms. The van der Waals surface area contributed by atoms with Gasteiger partial charge in [0.25, 0.3) is 0 Å². The molecule has 0 fully saturated rings. The SMILES string of the molecule is Cc1c(C(F)(F)F)nn(C)c1NC(=O)NCc1ccc(C(=O)O)cc1. The lowest BCUT2D eigenvalue weighted by molar-refractivity contribution is -0.141. The first kappa shape index (κ1) is 18.3. The number of nitrogens with one attached hydrogen (secondary N) is 2. The number of aryl methyl sites for hydroxylation is 1. The Morgan fingerprint density at radius 3 is 2.32 bits per heavy atom. The predicted octanol–water partition coefficient (Wildman–Crippen LogP) is 2.77. The van der Waals surface area contributed by atoms with E-state index in [1.165, 1.54) is 38.2 Å². The number of aromatic nitrogens is 2. The topological polar surface area (TPSA) is 96.3 Å². The number of carbonyl (C=O) groups is 2. The first-order valence-corrected chi connectivity index (χ1v) is 7.07. The molecule has 10 heteroatoms. The van der Waals surface area contributed by atoms with Crippen molar-refractivity contribution in [1.82, 2.24) is 15.1 Å². The average molecular weight is 356 g/mol. The Morgan fingerprint density at radius 2 is 1.84 bits per heavy atom. The van der Waals surface area contributed by atoms with E-state index in [1.807, 2.05) is 0 Å². The molecule has 0 radical (unpaired) electrons. The van der Waals surface area contributed by atoms with Gasteiger partial charge in [0.05, 0.1) is 5.56 Å². The second-order valence-electron chi connectivity index (χ2n) is 5.25. The van der Waals surface area contributed by atoms with E-state index in [1.54, 1.807) is 0 Å². The first-order valence-electron chi connectivity index (χ1n) is 7.07. The van der Waals surface area contributed by atoms with E-state index in [0.29, 0.717) is 5.56 Å². The van der Waals surface area contributed by atoms with Crippen molar-refractivity contribution in [3.05, 3.63) is 46.6 Å². The normalized spacial score (nSPS) is 11.2. The Bertz CT molecular complexity index is 798. The molecule has 0 unspecified atom stereocenters. The van der Waals surface area contributed by atoms with Crippen molar-refractivity contribution in [2.75, 3.05) is 5.32 Å². The fourth-order valence-electron chi connectivity index (χ4n) is 2.17. The highest BCUT2D eigenvalue weighted by molar-refractivity contribution is 5.89. The maximum absolute atomic E-state index is 12.8. The van der Waals surface area contributed by atoms with Crippen LogP contribution in [0.2, 0.25) is 0 Å². The molecular weight excluding hydrogens is 341 g/mol. The lowest BCUT2D eigenvalue weighted by atomic mass is 10.1. The maximum Gasteiger partial charge on any atom is 0.435 e. The van der Waals surface area contributed by atoms with Gasteiger partial charge in [-0.1, -0.05) is 12.1 Å². The number of hydrogen-bond donors (Lipinski definition) is 3. The van der Waals surface area contributed by atoms with E-state index in [2.05, 4.69) is 15.7 Å². The smallest absolute Gasteiger partial charge is 0.435 e. The number of halogens is 3. The second-order valence-corrected chi connectivity index (χ2v) is 5.25. The van der Waals surface area contributed by atoms with Crippen LogP contribution < -0.4 is 10.6 Å². The largest absolute Gasteiger partial charge is 0.478 e. The molecule has 0 aliphatic rings. The van der Waals surface area contributed by atoms with Crippen LogP contribution in [0.5, 0.6) is 0 Å². The number of carbonyl (C=O) groups excluding carboxylic acids is 1. The van der Waals surface area contributed by atoms with Crippen LogP contribution >= 0.6 is 0 Å². The fraction of sp³-hybridized carbons (Fsp3) is 0.267. The zero-order chi connectivity index (χ0) is 18.8. The number of alkyl halides is 3. The zero-order valence-electron chi connectivity index (χ0n) is 13.3. The summed E-state index contributed by atoms with van der Waals surface area (Å²) in [7, 11) is 1.29. The monoisotopic (exact) mass is 356 g/mol. The molecular formula is C15H15F3N4O3. The van der Waals surface area contributed by atoms with Crippen LogP contribution in [0.15, 0.2) is 24.3 Å². The number of benzene rings is 1. The highest BCUT2D eigenvalue weighted by Gasteiger charge is 2.37. The van der Waals surface area contributed by atoms with Crippen molar-refractivity contribution in [2.45, 2.75) is 19.6 Å². The van der Waals surface area contributed by atoms with Crippen molar-refractivity contribution in [2.24, 2.45) is 7.05 Å². The van der Waals surface area contributed by atoms with Crippen LogP contribution in [0.25, 0.3) is 0 Å². The van der Waals surface area contributed by atoms with Gasteiger partial charge in [0, 0.05) is 19.2 Å². The molecule has 1 heterocycles. The Kier molecular flexibility index (Phi) is 5.00. The van der Waals surface area contributed by atoms with E-state index >= 15 is 0 Å². The van der Waals surface area contributed by atoms with Crippen molar-refractivity contribution >= 4 is 17.8 Å². The van der Waals surface area contributed by atoms with Crippen LogP contribution in [-0.2, 0) is 19.8 Å². The molecule has 0 saturated carbocycles. The summed E-state index contributed by atoms with van der Waals surface area (Å²) in [4.78, 5) is 22.6. The Hall–Kier alpha value is -3.04. The maximum atomic E-state index is 12.8. The summed E-state index contributed by atoms with van der Waals surface area (Å²) in [5.74, 6) is -1.13. The van der Waals surface area contributed by atoms with Gasteiger partial charge >= 0.3 is 18.2 Å². The average Bonchev–Trinajstić information content (AvgIpc) is 2.81. The third-order valence-corrected chi connectivity index (χ3v) is 3.44. The summed E-state index contributed by atoms with van der Waals surface area (Å²) in [6.07, 6.45) is -4.61. The number of urea groups is 1. The summed E-state index contributed by atoms with van der Waals surface area (Å²) in [6, 6.07) is 5.12. The second kappa shape index (κ2) is 6.83. The standard InChI is InChI=1S/C15H15F3N4O3/c1-8-11(15(16,17)18)21-22(2)12(8)20-14(25)19-7-9-3-5-10(6-4-9)13(23)24/h3-6H,7H2,1-2H3,(H,23,24)(H2,19,20,25). The van der Waals surface area contributed by atoms with Crippen molar-refractivity contribution < 1.29 is 27.9 Å². The summed E-state index contributed by atoms with van der Waals surface area (Å²) >= 11 is 0. The van der Waals surface area contributed by atoms with Gasteiger partial charge in [-0.3, -0.25) is 10.00 Å². The van der Waals surface area contributed by atoms with Crippen LogP contribution in [0, 0.1) is 6.92 Å². The molecule has 2 rings (SSSR count). The molecule has 1 aromatic carbocycles. The molecule has 25 heavy (non-hydrogen) atoms. The molecule has 0 saturated heterocycles. The number of rotatable bonds is 4. The summed E-state index contributed by atoms with van der Waals surface area (Å²) < 4.78 is 39.3. The highest BCUT2D eigenvalue weighted by atomic mass is 19.4. The molecule has 134 valence electrons. The molecule has 2 amide bonds. The van der Waals surface area contributed by atoms with Gasteiger partial charge in [0.15, 0.2) is 5.69 Å². The molecule has 1 aromatic heterocycles. The number of anilines is 1. The molecule has 0 aliphatic carbocycles. The molecule has 0 atom stereocenters. The minimum atomic E-state index is -4.61. The zero-order valence-corrected chi connectivity index (χ0v) is 13.3. The quantitative estimate of drug-likeness (QED) is 0.785. The summed E-state index contributed by atoms with van der Waals surface area (Å²) in [6.45, 7) is 1.30. The van der Waals surface area contributed by atoms with Gasteiger partial charge in [0.1, 0.15) is 5.82 Å². The van der Waals surface area contributed by atoms with Crippen LogP contribution in [0.1, 0.15) is 27.2 Å². The molecule has 0 spiro atoms. The van der Waals surface area contributed by atoms with Crippen LogP contribution in [-0.4, -0.2) is 26.9 Å². The van der Waals surface area contributed by atoms with Crippen LogP contribution in [0.3, 0.4) is 0 Å². The van der Waals surface area contributed by atoms with E-state index in [-0.39, 0.29) is 23.5 Å². The van der Waals surface area contributed by atoms with Gasteiger partial charge in [0.2, 0.25) is 0 Å². The molecule has 3 N–H and O–H groups in total. The lowest BCUT2D eigenvalue weighted by Crippen LogP contribution is -2.29. The first-order chi connectivity index (χ1) is 11.6. The fourth-order valence-corrected chi connectivity index (χ4v) is 2.17. The Morgan fingerprint density at radius 1 is 1.24 bits per heavy atom. The number of amides is 2. The van der Waals surface area contributed by atoms with Gasteiger partial charge in [-0.15, -0.1) is 0 Å². The van der Waals surface area contributed by atoms with Gasteiger partial charge in [-0.2, -0.15) is 18.3 Å². The molecule has 0 aliphatic heterocycles. The summed E-state index contributed by atoms with van der Waals surface area (Å²) in [5.41, 5.74) is -0.498. The third kappa shape index (κ3) is 4.28. The van der Waals surface area contributed by atoms with Crippen molar-refractivity contribution in [3.63, 3.8) is 0 Å². The molecule has 2 aromatic rings. The van der Waals surface area contributed by atoms with E-state index < -0.39 is 23.9 Å². The number of carboxylic acids is 1. The van der Waals surface area contributed by atoms with Gasteiger partial charge < -0.3 is 10.4 Å². The summed E-state index contributed by atoms with van der Waals surface area (Å²) in [5, 5.41) is 17.0. The number of hydrogen-bond acceptors (Lipinski definition) is 3. The predicted molar refractivity (Wildman–Crippen MR) is 82.2 cm³/mol. The lowest BCUT2D eigenvalue weighted by Gasteiger charge is -2.09. The van der Waals surface area contributed by atoms with Gasteiger partial charge in [-0.05, 0) is 24.6 Å². The third-order valence-electron chi connectivity index (χ3n) is 3.44. The number of carboxylic acid groups (broad SMARTS) is 1. The Labute approximate surface area is 140 Å². The van der Waals surface area contributed by atoms with E-state index in [0.717, 1.165) is 4.68 Å². The highest BCUT2D eigenvalue weighted by Crippen LogP contribution is 2.33. The minimum Gasteiger partial charge on any atom is -0.478 e. The Balaban J connectivity index is 2.01. The van der Waals surface area contributed by atoms with Gasteiger partial charge in [-0.25, -0.2) is 9.59 Å².